The van der Waals surface area contributed by atoms with Gasteiger partial charge in [0.15, 0.2) is 5.69 Å². The predicted molar refractivity (Wildman–Crippen MR) is 103 cm³/mol. The Hall–Kier alpha value is -3.15. The molecule has 2 heterocycles. The zero-order valence-corrected chi connectivity index (χ0v) is 15.3. The molecule has 1 atom stereocenters. The van der Waals surface area contributed by atoms with E-state index in [-0.39, 0.29) is 17.8 Å². The second-order valence-corrected chi connectivity index (χ2v) is 6.92. The Labute approximate surface area is 157 Å². The van der Waals surface area contributed by atoms with Gasteiger partial charge in [-0.05, 0) is 42.8 Å². The molecule has 1 amide bonds. The number of hydrogen-bond acceptors (Lipinski definition) is 3. The van der Waals surface area contributed by atoms with Crippen molar-refractivity contribution in [1.29, 1.82) is 0 Å². The highest BCUT2D eigenvalue weighted by atomic mass is 19.1. The molecule has 0 aliphatic carbocycles. The number of rotatable bonds is 2. The van der Waals surface area contributed by atoms with Gasteiger partial charge in [0.1, 0.15) is 5.82 Å². The topological polar surface area (TPSA) is 41.4 Å². The second kappa shape index (κ2) is 6.87. The van der Waals surface area contributed by atoms with E-state index in [0.717, 1.165) is 17.8 Å². The smallest absolute Gasteiger partial charge is 0.274 e. The van der Waals surface area contributed by atoms with Crippen LogP contribution in [0.15, 0.2) is 60.8 Å². The van der Waals surface area contributed by atoms with Crippen molar-refractivity contribution < 1.29 is 9.18 Å². The molecule has 0 radical (unpaired) electrons. The van der Waals surface area contributed by atoms with E-state index in [9.17, 15) is 9.18 Å². The lowest BCUT2D eigenvalue weighted by Gasteiger charge is -2.27. The summed E-state index contributed by atoms with van der Waals surface area (Å²) in [5.41, 5.74) is 3.20. The van der Waals surface area contributed by atoms with Crippen LogP contribution in [0.1, 0.15) is 23.0 Å². The summed E-state index contributed by atoms with van der Waals surface area (Å²) < 4.78 is 15.0. The summed E-state index contributed by atoms with van der Waals surface area (Å²) in [6, 6.07) is 16.0. The van der Waals surface area contributed by atoms with Gasteiger partial charge in [-0.1, -0.05) is 24.3 Å². The van der Waals surface area contributed by atoms with Crippen molar-refractivity contribution >= 4 is 11.6 Å². The molecule has 3 aromatic rings. The van der Waals surface area contributed by atoms with Crippen molar-refractivity contribution in [3.8, 4) is 5.69 Å². The number of para-hydroxylation sites is 1. The number of halogens is 1. The first-order valence-corrected chi connectivity index (χ1v) is 8.94. The molecule has 5 nitrogen and oxygen atoms in total. The van der Waals surface area contributed by atoms with Gasteiger partial charge in [0, 0.05) is 38.1 Å². The zero-order valence-electron chi connectivity index (χ0n) is 15.3. The minimum atomic E-state index is -0.336. The molecule has 27 heavy (non-hydrogen) atoms. The van der Waals surface area contributed by atoms with Crippen molar-refractivity contribution in [1.82, 2.24) is 14.7 Å². The van der Waals surface area contributed by atoms with E-state index in [1.165, 1.54) is 16.8 Å². The van der Waals surface area contributed by atoms with Gasteiger partial charge >= 0.3 is 0 Å². The maximum atomic E-state index is 13.5. The lowest BCUT2D eigenvalue weighted by atomic mass is 10.1. The van der Waals surface area contributed by atoms with Crippen molar-refractivity contribution in [2.45, 2.75) is 19.5 Å². The molecule has 0 bridgehead atoms. The Kier molecular flexibility index (Phi) is 4.39. The first-order chi connectivity index (χ1) is 13.0. The van der Waals surface area contributed by atoms with E-state index in [4.69, 9.17) is 0 Å². The van der Waals surface area contributed by atoms with Gasteiger partial charge in [0.05, 0.1) is 5.69 Å². The van der Waals surface area contributed by atoms with Gasteiger partial charge in [-0.15, -0.1) is 0 Å². The number of nitrogens with zero attached hydrogens (tertiary/aromatic N) is 4. The number of carbonyl (C=O) groups excluding carboxylic acids is 1. The molecule has 6 heteroatoms. The maximum absolute atomic E-state index is 13.5. The summed E-state index contributed by atoms with van der Waals surface area (Å²) in [6.45, 7) is 3.32. The highest BCUT2D eigenvalue weighted by Gasteiger charge is 2.28. The quantitative estimate of drug-likeness (QED) is 0.699. The molecule has 0 N–H and O–H groups in total. The first kappa shape index (κ1) is 17.3. The molecule has 0 unspecified atom stereocenters. The van der Waals surface area contributed by atoms with Crippen molar-refractivity contribution in [3.05, 3.63) is 77.9 Å². The van der Waals surface area contributed by atoms with Crippen LogP contribution < -0.4 is 4.90 Å². The Morgan fingerprint density at radius 1 is 1.15 bits per heavy atom. The SMILES string of the molecule is C[C@@H]1CN(C)c2ccccc2CN1C(=O)c1ccn(-c2cccc(F)c2)n1. The molecule has 1 aliphatic rings. The van der Waals surface area contributed by atoms with Crippen LogP contribution in [0.5, 0.6) is 0 Å². The zero-order chi connectivity index (χ0) is 19.0. The van der Waals surface area contributed by atoms with E-state index in [0.29, 0.717) is 17.9 Å². The summed E-state index contributed by atoms with van der Waals surface area (Å²) in [4.78, 5) is 17.2. The molecular weight excluding hydrogens is 343 g/mol. The average Bonchev–Trinajstić information content (AvgIpc) is 3.11. The van der Waals surface area contributed by atoms with Crippen LogP contribution in [0.25, 0.3) is 5.69 Å². The molecule has 0 fully saturated rings. The van der Waals surface area contributed by atoms with Crippen LogP contribution in [0, 0.1) is 5.82 Å². The number of carbonyl (C=O) groups is 1. The number of likely N-dealkylation sites (N-methyl/N-ethyl adjacent to an activating group) is 1. The van der Waals surface area contributed by atoms with Crippen molar-refractivity contribution in [2.75, 3.05) is 18.5 Å². The third-order valence-corrected chi connectivity index (χ3v) is 4.96. The molecular formula is C21H21FN4O. The Morgan fingerprint density at radius 3 is 2.78 bits per heavy atom. The number of benzene rings is 2. The fourth-order valence-corrected chi connectivity index (χ4v) is 3.57. The van der Waals surface area contributed by atoms with Gasteiger partial charge in [0.2, 0.25) is 0 Å². The van der Waals surface area contributed by atoms with Crippen LogP contribution in [0.3, 0.4) is 0 Å². The summed E-state index contributed by atoms with van der Waals surface area (Å²) in [5.74, 6) is -0.459. The van der Waals surface area contributed by atoms with Gasteiger partial charge in [-0.3, -0.25) is 4.79 Å². The fraction of sp³-hybridized carbons (Fsp3) is 0.238. The van der Waals surface area contributed by atoms with E-state index < -0.39 is 0 Å². The minimum Gasteiger partial charge on any atom is -0.372 e. The number of aromatic nitrogens is 2. The van der Waals surface area contributed by atoms with Crippen LogP contribution in [-0.2, 0) is 6.54 Å². The Bertz CT molecular complexity index is 984. The van der Waals surface area contributed by atoms with Crippen LogP contribution >= 0.6 is 0 Å². The van der Waals surface area contributed by atoms with Gasteiger partial charge in [0.25, 0.3) is 5.91 Å². The van der Waals surface area contributed by atoms with Gasteiger partial charge in [-0.2, -0.15) is 5.10 Å². The summed E-state index contributed by atoms with van der Waals surface area (Å²) in [5, 5.41) is 4.38. The fourth-order valence-electron chi connectivity index (χ4n) is 3.57. The highest BCUT2D eigenvalue weighted by molar-refractivity contribution is 5.92. The lowest BCUT2D eigenvalue weighted by Crippen LogP contribution is -2.42. The maximum Gasteiger partial charge on any atom is 0.274 e. The monoisotopic (exact) mass is 364 g/mol. The first-order valence-electron chi connectivity index (χ1n) is 8.94. The van der Waals surface area contributed by atoms with E-state index >= 15 is 0 Å². The second-order valence-electron chi connectivity index (χ2n) is 6.92. The predicted octanol–water partition coefficient (Wildman–Crippen LogP) is 3.49. The minimum absolute atomic E-state index is 0.0363. The number of anilines is 1. The van der Waals surface area contributed by atoms with Gasteiger partial charge in [-0.25, -0.2) is 9.07 Å². The third kappa shape index (κ3) is 3.30. The highest BCUT2D eigenvalue weighted by Crippen LogP contribution is 2.27. The molecule has 138 valence electrons. The molecule has 1 aromatic heterocycles. The van der Waals surface area contributed by atoms with E-state index in [2.05, 4.69) is 22.1 Å². The molecule has 2 aromatic carbocycles. The van der Waals surface area contributed by atoms with Crippen molar-refractivity contribution in [2.24, 2.45) is 0 Å². The van der Waals surface area contributed by atoms with E-state index in [1.807, 2.05) is 31.0 Å². The Balaban J connectivity index is 1.63. The summed E-state index contributed by atoms with van der Waals surface area (Å²) >= 11 is 0. The molecule has 0 spiro atoms. The number of fused-ring (bicyclic) bond motifs is 1. The largest absolute Gasteiger partial charge is 0.372 e. The Morgan fingerprint density at radius 2 is 1.96 bits per heavy atom. The van der Waals surface area contributed by atoms with Crippen LogP contribution in [0.4, 0.5) is 10.1 Å². The molecule has 0 saturated heterocycles. The van der Waals surface area contributed by atoms with E-state index in [1.54, 1.807) is 24.4 Å². The number of hydrogen-bond donors (Lipinski definition) is 0. The third-order valence-electron chi connectivity index (χ3n) is 4.96. The van der Waals surface area contributed by atoms with Crippen molar-refractivity contribution in [3.63, 3.8) is 0 Å². The summed E-state index contributed by atoms with van der Waals surface area (Å²) in [7, 11) is 2.04. The van der Waals surface area contributed by atoms with Crippen LogP contribution in [0.2, 0.25) is 0 Å². The van der Waals surface area contributed by atoms with Crippen LogP contribution in [-0.4, -0.2) is 40.2 Å². The summed E-state index contributed by atoms with van der Waals surface area (Å²) in [6.07, 6.45) is 1.69. The normalized spacial score (nSPS) is 16.8. The standard InChI is InChI=1S/C21H21FN4O/c1-15-13-24(2)20-9-4-3-6-16(20)14-25(15)21(27)19-10-11-26(23-19)18-8-5-7-17(22)12-18/h3-12,15H,13-14H2,1-2H3/t15-/m1/s1. The molecule has 0 saturated carbocycles. The molecule has 4 rings (SSSR count). The van der Waals surface area contributed by atoms with Gasteiger partial charge < -0.3 is 9.80 Å². The number of amides is 1. The average molecular weight is 364 g/mol. The lowest BCUT2D eigenvalue weighted by molar-refractivity contribution is 0.0680. The molecule has 1 aliphatic heterocycles.